The lowest BCUT2D eigenvalue weighted by Gasteiger charge is -2.06. The van der Waals surface area contributed by atoms with Crippen LogP contribution in [0.1, 0.15) is 0 Å². The summed E-state index contributed by atoms with van der Waals surface area (Å²) in [6, 6.07) is 3.94. The predicted molar refractivity (Wildman–Crippen MR) is 84.5 cm³/mol. The largest absolute Gasteiger partial charge is 0.289 e. The van der Waals surface area contributed by atoms with E-state index in [1.165, 1.54) is 18.2 Å². The highest BCUT2D eigenvalue weighted by Crippen LogP contribution is 2.26. The average Bonchev–Trinajstić information content (AvgIpc) is 2.82. The highest BCUT2D eigenvalue weighted by atomic mass is 79.9. The van der Waals surface area contributed by atoms with Crippen molar-refractivity contribution in [2.24, 2.45) is 0 Å². The van der Waals surface area contributed by atoms with Gasteiger partial charge in [0.1, 0.15) is 5.82 Å². The minimum atomic E-state index is -3.44. The molecule has 0 amide bonds. The van der Waals surface area contributed by atoms with E-state index in [0.717, 1.165) is 10.7 Å². The zero-order valence-corrected chi connectivity index (χ0v) is 13.7. The van der Waals surface area contributed by atoms with Gasteiger partial charge in [0, 0.05) is 29.8 Å². The third-order valence-corrected chi connectivity index (χ3v) is 3.84. The first-order valence-electron chi connectivity index (χ1n) is 6.10. The predicted octanol–water partition coefficient (Wildman–Crippen LogP) is 2.67. The molecular formula is C13H10BrFN4O2S. The Balaban J connectivity index is 2.10. The van der Waals surface area contributed by atoms with E-state index in [-0.39, 0.29) is 11.3 Å². The Morgan fingerprint density at radius 2 is 2.09 bits per heavy atom. The molecule has 3 aromatic rings. The van der Waals surface area contributed by atoms with Gasteiger partial charge in [0.15, 0.2) is 0 Å². The molecule has 9 heteroatoms. The lowest BCUT2D eigenvalue weighted by atomic mass is 10.1. The van der Waals surface area contributed by atoms with Gasteiger partial charge in [-0.1, -0.05) is 0 Å². The van der Waals surface area contributed by atoms with Gasteiger partial charge in [0.25, 0.3) is 0 Å². The molecule has 0 fully saturated rings. The summed E-state index contributed by atoms with van der Waals surface area (Å²) in [5.41, 5.74) is 0.820. The van der Waals surface area contributed by atoms with E-state index in [1.807, 2.05) is 0 Å². The molecule has 2 heterocycles. The first-order chi connectivity index (χ1) is 10.3. The van der Waals surface area contributed by atoms with Gasteiger partial charge in [-0.3, -0.25) is 9.12 Å². The van der Waals surface area contributed by atoms with Crippen molar-refractivity contribution in [2.45, 2.75) is 0 Å². The SMILES string of the molecule is CS(=O)(=O)Nc1ccc(F)c(-c2cn3cc(Br)cnc3n2)c1. The third-order valence-electron chi connectivity index (χ3n) is 2.82. The third kappa shape index (κ3) is 3.09. The van der Waals surface area contributed by atoms with E-state index in [1.54, 1.807) is 23.0 Å². The summed E-state index contributed by atoms with van der Waals surface area (Å²) in [4.78, 5) is 8.35. The zero-order chi connectivity index (χ0) is 15.9. The second-order valence-corrected chi connectivity index (χ2v) is 7.34. The number of fused-ring (bicyclic) bond motifs is 1. The smallest absolute Gasteiger partial charge is 0.234 e. The Labute approximate surface area is 134 Å². The molecule has 0 aliphatic rings. The molecule has 3 rings (SSSR count). The maximum atomic E-state index is 14.0. The highest BCUT2D eigenvalue weighted by Gasteiger charge is 2.12. The van der Waals surface area contributed by atoms with E-state index in [0.29, 0.717) is 11.5 Å². The maximum Gasteiger partial charge on any atom is 0.234 e. The van der Waals surface area contributed by atoms with Gasteiger partial charge in [0.05, 0.1) is 16.4 Å². The van der Waals surface area contributed by atoms with Gasteiger partial charge in [0.2, 0.25) is 15.8 Å². The monoisotopic (exact) mass is 384 g/mol. The van der Waals surface area contributed by atoms with Crippen LogP contribution < -0.4 is 4.72 Å². The lowest BCUT2D eigenvalue weighted by molar-refractivity contribution is 0.606. The summed E-state index contributed by atoms with van der Waals surface area (Å²) in [5, 5.41) is 0. The van der Waals surface area contributed by atoms with Crippen LogP contribution in [-0.2, 0) is 10.0 Å². The number of nitrogens with one attached hydrogen (secondary N) is 1. The minimum absolute atomic E-state index is 0.190. The van der Waals surface area contributed by atoms with Crippen molar-refractivity contribution in [3.8, 4) is 11.3 Å². The standard InChI is InChI=1S/C13H10BrFN4O2S/c1-22(20,21)18-9-2-3-11(15)10(4-9)12-7-19-6-8(14)5-16-13(19)17-12/h2-7,18H,1H3. The number of anilines is 1. The second kappa shape index (κ2) is 5.33. The first kappa shape index (κ1) is 14.9. The molecule has 0 saturated carbocycles. The molecule has 6 nitrogen and oxygen atoms in total. The Hall–Kier alpha value is -2.00. The molecule has 0 spiro atoms. The van der Waals surface area contributed by atoms with Crippen LogP contribution in [0.4, 0.5) is 10.1 Å². The number of aromatic nitrogens is 3. The molecule has 0 aliphatic heterocycles. The van der Waals surface area contributed by atoms with E-state index in [2.05, 4.69) is 30.6 Å². The molecule has 114 valence electrons. The molecular weight excluding hydrogens is 375 g/mol. The van der Waals surface area contributed by atoms with Crippen LogP contribution in [0.5, 0.6) is 0 Å². The van der Waals surface area contributed by atoms with Crippen molar-refractivity contribution >= 4 is 37.4 Å². The van der Waals surface area contributed by atoms with E-state index in [4.69, 9.17) is 0 Å². The fraction of sp³-hybridized carbons (Fsp3) is 0.0769. The van der Waals surface area contributed by atoms with E-state index < -0.39 is 15.8 Å². The zero-order valence-electron chi connectivity index (χ0n) is 11.3. The van der Waals surface area contributed by atoms with Crippen LogP contribution in [0, 0.1) is 5.82 Å². The van der Waals surface area contributed by atoms with Gasteiger partial charge >= 0.3 is 0 Å². The van der Waals surface area contributed by atoms with Crippen LogP contribution in [0.25, 0.3) is 17.0 Å². The first-order valence-corrected chi connectivity index (χ1v) is 8.78. The van der Waals surface area contributed by atoms with Gasteiger partial charge in [-0.05, 0) is 34.1 Å². The molecule has 0 bridgehead atoms. The number of sulfonamides is 1. The summed E-state index contributed by atoms with van der Waals surface area (Å²) in [7, 11) is -3.44. The quantitative estimate of drug-likeness (QED) is 0.752. The van der Waals surface area contributed by atoms with Crippen molar-refractivity contribution in [3.05, 3.63) is 47.1 Å². The second-order valence-electron chi connectivity index (χ2n) is 4.67. The van der Waals surface area contributed by atoms with Crippen LogP contribution >= 0.6 is 15.9 Å². The van der Waals surface area contributed by atoms with Crippen molar-refractivity contribution in [1.82, 2.24) is 14.4 Å². The number of rotatable bonds is 3. The summed E-state index contributed by atoms with van der Waals surface area (Å²) in [5.74, 6) is -0.0828. The van der Waals surface area contributed by atoms with Crippen LogP contribution in [0.2, 0.25) is 0 Å². The average molecular weight is 385 g/mol. The van der Waals surface area contributed by atoms with Gasteiger partial charge in [-0.2, -0.15) is 0 Å². The molecule has 1 aromatic carbocycles. The molecule has 0 aliphatic carbocycles. The van der Waals surface area contributed by atoms with Crippen molar-refractivity contribution in [3.63, 3.8) is 0 Å². The summed E-state index contributed by atoms with van der Waals surface area (Å²) < 4.78 is 41.3. The van der Waals surface area contributed by atoms with Crippen molar-refractivity contribution < 1.29 is 12.8 Å². The van der Waals surface area contributed by atoms with Gasteiger partial charge in [-0.15, -0.1) is 0 Å². The number of imidazole rings is 1. The summed E-state index contributed by atoms with van der Waals surface area (Å²) >= 11 is 3.30. The van der Waals surface area contributed by atoms with Crippen LogP contribution in [0.15, 0.2) is 41.3 Å². The number of benzene rings is 1. The normalized spacial score (nSPS) is 11.8. The van der Waals surface area contributed by atoms with E-state index >= 15 is 0 Å². The molecule has 0 radical (unpaired) electrons. The molecule has 2 aromatic heterocycles. The fourth-order valence-electron chi connectivity index (χ4n) is 1.99. The van der Waals surface area contributed by atoms with Gasteiger partial charge in [-0.25, -0.2) is 22.8 Å². The minimum Gasteiger partial charge on any atom is -0.289 e. The Morgan fingerprint density at radius 3 is 2.82 bits per heavy atom. The van der Waals surface area contributed by atoms with E-state index in [9.17, 15) is 12.8 Å². The maximum absolute atomic E-state index is 14.0. The van der Waals surface area contributed by atoms with Gasteiger partial charge < -0.3 is 0 Å². The summed E-state index contributed by atoms with van der Waals surface area (Å²) in [6.45, 7) is 0. The number of halogens is 2. The van der Waals surface area contributed by atoms with Crippen molar-refractivity contribution in [2.75, 3.05) is 11.0 Å². The summed E-state index contributed by atoms with van der Waals surface area (Å²) in [6.07, 6.45) is 5.98. The molecule has 22 heavy (non-hydrogen) atoms. The van der Waals surface area contributed by atoms with Crippen molar-refractivity contribution in [1.29, 1.82) is 0 Å². The Kier molecular flexibility index (Phi) is 3.61. The molecule has 1 N–H and O–H groups in total. The van der Waals surface area contributed by atoms with Crippen LogP contribution in [0.3, 0.4) is 0 Å². The number of hydrogen-bond donors (Lipinski definition) is 1. The number of nitrogens with zero attached hydrogens (tertiary/aromatic N) is 3. The highest BCUT2D eigenvalue weighted by molar-refractivity contribution is 9.10. The number of hydrogen-bond acceptors (Lipinski definition) is 4. The molecule has 0 atom stereocenters. The lowest BCUT2D eigenvalue weighted by Crippen LogP contribution is -2.09. The Morgan fingerprint density at radius 1 is 1.32 bits per heavy atom. The molecule has 0 saturated heterocycles. The topological polar surface area (TPSA) is 76.4 Å². The molecule has 0 unspecified atom stereocenters. The fourth-order valence-corrected chi connectivity index (χ4v) is 2.87. The van der Waals surface area contributed by atoms with Crippen LogP contribution in [-0.4, -0.2) is 29.0 Å². The Bertz CT molecular complexity index is 971.